The van der Waals surface area contributed by atoms with Crippen LogP contribution in [0.4, 0.5) is 0 Å². The van der Waals surface area contributed by atoms with Gasteiger partial charge in [0.15, 0.2) is 0 Å². The molecule has 0 spiro atoms. The van der Waals surface area contributed by atoms with E-state index in [1.54, 1.807) is 11.3 Å². The second-order valence-electron chi connectivity index (χ2n) is 5.60. The smallest absolute Gasteiger partial charge is 0.241 e. The van der Waals surface area contributed by atoms with Crippen molar-refractivity contribution < 1.29 is 4.52 Å². The first-order valence-corrected chi connectivity index (χ1v) is 8.31. The van der Waals surface area contributed by atoms with E-state index < -0.39 is 0 Å². The highest BCUT2D eigenvalue weighted by Crippen LogP contribution is 2.32. The summed E-state index contributed by atoms with van der Waals surface area (Å²) in [4.78, 5) is 6.91. The summed E-state index contributed by atoms with van der Waals surface area (Å²) in [6, 6.07) is 2.40. The summed E-state index contributed by atoms with van der Waals surface area (Å²) in [6.45, 7) is 1.74. The maximum Gasteiger partial charge on any atom is 0.241 e. The Hall–Kier alpha value is -1.99. The molecule has 0 amide bonds. The molecular weight excluding hydrogens is 298 g/mol. The van der Waals surface area contributed by atoms with Gasteiger partial charge in [0.25, 0.3) is 0 Å². The van der Waals surface area contributed by atoms with Crippen LogP contribution in [0, 0.1) is 0 Å². The van der Waals surface area contributed by atoms with Crippen LogP contribution in [0.1, 0.15) is 30.3 Å². The molecule has 7 heteroatoms. The monoisotopic (exact) mass is 315 g/mol. The van der Waals surface area contributed by atoms with Crippen LogP contribution >= 0.6 is 11.3 Å². The van der Waals surface area contributed by atoms with Crippen molar-refractivity contribution in [3.63, 3.8) is 0 Å². The van der Waals surface area contributed by atoms with Crippen LogP contribution in [0.2, 0.25) is 0 Å². The lowest BCUT2D eigenvalue weighted by Crippen LogP contribution is -2.22. The molecule has 0 saturated carbocycles. The molecule has 0 aliphatic carbocycles. The summed E-state index contributed by atoms with van der Waals surface area (Å²) in [6.07, 6.45) is 6.38. The molecule has 4 rings (SSSR count). The highest BCUT2D eigenvalue weighted by atomic mass is 32.1. The van der Waals surface area contributed by atoms with Gasteiger partial charge in [0.1, 0.15) is 0 Å². The average Bonchev–Trinajstić information content (AvgIpc) is 3.26. The average molecular weight is 315 g/mol. The molecule has 4 heterocycles. The zero-order valence-electron chi connectivity index (χ0n) is 12.3. The Bertz CT molecular complexity index is 748. The van der Waals surface area contributed by atoms with Crippen molar-refractivity contribution in [2.24, 2.45) is 7.05 Å². The van der Waals surface area contributed by atoms with Gasteiger partial charge in [-0.15, -0.1) is 0 Å². The van der Waals surface area contributed by atoms with Gasteiger partial charge in [-0.05, 0) is 30.8 Å². The first kappa shape index (κ1) is 13.7. The fourth-order valence-corrected chi connectivity index (χ4v) is 3.64. The first-order valence-electron chi connectivity index (χ1n) is 7.37. The molecule has 1 aliphatic heterocycles. The molecule has 114 valence electrons. The number of nitrogens with zero attached hydrogens (tertiary/aromatic N) is 5. The van der Waals surface area contributed by atoms with Gasteiger partial charge < -0.3 is 4.52 Å². The summed E-state index contributed by atoms with van der Waals surface area (Å²) >= 11 is 1.64. The minimum atomic E-state index is 0.394. The van der Waals surface area contributed by atoms with Gasteiger partial charge >= 0.3 is 0 Å². The van der Waals surface area contributed by atoms with Crippen LogP contribution in [0.3, 0.4) is 0 Å². The van der Waals surface area contributed by atoms with E-state index in [2.05, 4.69) is 26.3 Å². The fourth-order valence-electron chi connectivity index (χ4n) is 3.01. The van der Waals surface area contributed by atoms with Crippen LogP contribution in [0.25, 0.3) is 11.4 Å². The predicted octanol–water partition coefficient (Wildman–Crippen LogP) is 2.87. The van der Waals surface area contributed by atoms with Gasteiger partial charge in [-0.25, -0.2) is 0 Å². The van der Waals surface area contributed by atoms with Crippen molar-refractivity contribution in [1.82, 2.24) is 24.8 Å². The van der Waals surface area contributed by atoms with E-state index in [4.69, 9.17) is 4.52 Å². The summed E-state index contributed by atoms with van der Waals surface area (Å²) in [5, 5.41) is 12.4. The standard InChI is InChI=1S/C15H17N5OS/c1-19-8-12(7-16-19)13-3-2-5-20(13)9-14-17-15(18-21-14)11-4-6-22-10-11/h4,6-8,10,13H,2-3,5,9H2,1H3. The van der Waals surface area contributed by atoms with Gasteiger partial charge in [0.2, 0.25) is 11.7 Å². The Morgan fingerprint density at radius 1 is 1.45 bits per heavy atom. The van der Waals surface area contributed by atoms with Gasteiger partial charge in [-0.1, -0.05) is 5.16 Å². The number of thiophene rings is 1. The van der Waals surface area contributed by atoms with Crippen molar-refractivity contribution in [2.45, 2.75) is 25.4 Å². The van der Waals surface area contributed by atoms with Gasteiger partial charge in [0, 0.05) is 35.8 Å². The molecule has 1 atom stereocenters. The maximum absolute atomic E-state index is 5.42. The lowest BCUT2D eigenvalue weighted by Gasteiger charge is -2.21. The van der Waals surface area contributed by atoms with E-state index in [1.807, 2.05) is 34.8 Å². The third-order valence-corrected chi connectivity index (χ3v) is 4.74. The second-order valence-corrected chi connectivity index (χ2v) is 6.38. The SMILES string of the molecule is Cn1cc(C2CCCN2Cc2nc(-c3ccsc3)no2)cn1. The number of rotatable bonds is 4. The zero-order valence-corrected chi connectivity index (χ0v) is 13.2. The highest BCUT2D eigenvalue weighted by Gasteiger charge is 2.28. The van der Waals surface area contributed by atoms with Gasteiger partial charge in [0.05, 0.1) is 12.7 Å². The lowest BCUT2D eigenvalue weighted by molar-refractivity contribution is 0.212. The normalized spacial score (nSPS) is 19.0. The van der Waals surface area contributed by atoms with Crippen LogP contribution in [-0.4, -0.2) is 31.4 Å². The van der Waals surface area contributed by atoms with Crippen LogP contribution in [0.15, 0.2) is 33.7 Å². The number of hydrogen-bond donors (Lipinski definition) is 0. The molecule has 0 aromatic carbocycles. The van der Waals surface area contributed by atoms with Gasteiger partial charge in [-0.2, -0.15) is 21.4 Å². The summed E-state index contributed by atoms with van der Waals surface area (Å²) < 4.78 is 7.28. The van der Waals surface area contributed by atoms with Crippen LogP contribution in [-0.2, 0) is 13.6 Å². The molecule has 1 saturated heterocycles. The Kier molecular flexibility index (Phi) is 3.51. The molecular formula is C15H17N5OS. The number of likely N-dealkylation sites (tertiary alicyclic amines) is 1. The van der Waals surface area contributed by atoms with Crippen molar-refractivity contribution in [2.75, 3.05) is 6.54 Å². The lowest BCUT2D eigenvalue weighted by atomic mass is 10.1. The van der Waals surface area contributed by atoms with Crippen molar-refractivity contribution in [3.8, 4) is 11.4 Å². The Morgan fingerprint density at radius 2 is 2.41 bits per heavy atom. The second kappa shape index (κ2) is 5.66. The maximum atomic E-state index is 5.42. The van der Waals surface area contributed by atoms with Gasteiger partial charge in [-0.3, -0.25) is 9.58 Å². The fraction of sp³-hybridized carbons (Fsp3) is 0.400. The van der Waals surface area contributed by atoms with E-state index in [-0.39, 0.29) is 0 Å². The minimum Gasteiger partial charge on any atom is -0.338 e. The van der Waals surface area contributed by atoms with E-state index in [9.17, 15) is 0 Å². The van der Waals surface area contributed by atoms with E-state index in [0.29, 0.717) is 24.3 Å². The Morgan fingerprint density at radius 3 is 3.18 bits per heavy atom. The van der Waals surface area contributed by atoms with Crippen molar-refractivity contribution in [3.05, 3.63) is 40.7 Å². The van der Waals surface area contributed by atoms with E-state index in [0.717, 1.165) is 18.5 Å². The third-order valence-electron chi connectivity index (χ3n) is 4.06. The Balaban J connectivity index is 1.50. The summed E-state index contributed by atoms with van der Waals surface area (Å²) in [5.41, 5.74) is 2.28. The molecule has 1 fully saturated rings. The van der Waals surface area contributed by atoms with E-state index >= 15 is 0 Å². The van der Waals surface area contributed by atoms with Crippen molar-refractivity contribution >= 4 is 11.3 Å². The molecule has 1 unspecified atom stereocenters. The molecule has 0 bridgehead atoms. The number of hydrogen-bond acceptors (Lipinski definition) is 6. The topological polar surface area (TPSA) is 60.0 Å². The summed E-state index contributed by atoms with van der Waals surface area (Å²) in [5.74, 6) is 1.35. The highest BCUT2D eigenvalue weighted by molar-refractivity contribution is 7.08. The summed E-state index contributed by atoms with van der Waals surface area (Å²) in [7, 11) is 1.95. The minimum absolute atomic E-state index is 0.394. The number of aromatic nitrogens is 4. The first-order chi connectivity index (χ1) is 10.8. The Labute approximate surface area is 132 Å². The molecule has 22 heavy (non-hydrogen) atoms. The number of aryl methyl sites for hydroxylation is 1. The van der Waals surface area contributed by atoms with Crippen LogP contribution in [0.5, 0.6) is 0 Å². The quantitative estimate of drug-likeness (QED) is 0.741. The molecule has 1 aliphatic rings. The molecule has 3 aromatic rings. The van der Waals surface area contributed by atoms with E-state index in [1.165, 1.54) is 12.0 Å². The molecule has 0 radical (unpaired) electrons. The van der Waals surface area contributed by atoms with Crippen molar-refractivity contribution in [1.29, 1.82) is 0 Å². The third kappa shape index (κ3) is 2.57. The molecule has 6 nitrogen and oxygen atoms in total. The zero-order chi connectivity index (χ0) is 14.9. The largest absolute Gasteiger partial charge is 0.338 e. The van der Waals surface area contributed by atoms with Crippen LogP contribution < -0.4 is 0 Å². The molecule has 3 aromatic heterocycles. The predicted molar refractivity (Wildman–Crippen MR) is 83.2 cm³/mol. The molecule has 0 N–H and O–H groups in total.